The van der Waals surface area contributed by atoms with Crippen LogP contribution in [0.3, 0.4) is 0 Å². The molecule has 1 aromatic heterocycles. The Morgan fingerprint density at radius 1 is 1.36 bits per heavy atom. The first-order chi connectivity index (χ1) is 10.4. The predicted molar refractivity (Wildman–Crippen MR) is 89.0 cm³/mol. The number of aromatic nitrogens is 1. The number of likely N-dealkylation sites (N-methyl/N-ethyl adjacent to an activating group) is 1. The molecule has 0 fully saturated rings. The number of carbonyl (C=O) groups excluding carboxylic acids is 1. The number of nitrogens with one attached hydrogen (secondary N) is 1. The van der Waals surface area contributed by atoms with Crippen LogP contribution in [-0.4, -0.2) is 42.5 Å². The van der Waals surface area contributed by atoms with E-state index in [9.17, 15) is 4.79 Å². The van der Waals surface area contributed by atoms with E-state index in [1.165, 1.54) is 0 Å². The molecule has 0 amide bonds. The van der Waals surface area contributed by atoms with Gasteiger partial charge in [0, 0.05) is 23.6 Å². The SMILES string of the molecule is CC(C)C(N)C(=O)Oc1cccc2[nH]cc(CCN(C)C)c12. The Balaban J connectivity index is 2.29. The summed E-state index contributed by atoms with van der Waals surface area (Å²) in [5.74, 6) is 0.238. The number of esters is 1. The quantitative estimate of drug-likeness (QED) is 0.634. The van der Waals surface area contributed by atoms with Gasteiger partial charge in [0.1, 0.15) is 11.8 Å². The lowest BCUT2D eigenvalue weighted by Crippen LogP contribution is -2.38. The first-order valence-electron chi connectivity index (χ1n) is 7.61. The highest BCUT2D eigenvalue weighted by molar-refractivity contribution is 5.92. The standard InChI is InChI=1S/C17H25N3O2/c1-11(2)16(18)17(21)22-14-7-5-6-13-15(14)12(10-19-13)8-9-20(3)4/h5-7,10-11,16,19H,8-9,18H2,1-4H3. The fourth-order valence-electron chi connectivity index (χ4n) is 2.29. The Morgan fingerprint density at radius 3 is 2.73 bits per heavy atom. The van der Waals surface area contributed by atoms with Crippen molar-refractivity contribution in [1.29, 1.82) is 0 Å². The van der Waals surface area contributed by atoms with Gasteiger partial charge in [-0.1, -0.05) is 19.9 Å². The highest BCUT2D eigenvalue weighted by Crippen LogP contribution is 2.29. The van der Waals surface area contributed by atoms with Crippen LogP contribution in [-0.2, 0) is 11.2 Å². The summed E-state index contributed by atoms with van der Waals surface area (Å²) in [5.41, 5.74) is 7.99. The summed E-state index contributed by atoms with van der Waals surface area (Å²) in [6.45, 7) is 4.75. The number of nitrogens with zero attached hydrogens (tertiary/aromatic N) is 1. The summed E-state index contributed by atoms with van der Waals surface area (Å²) in [6.07, 6.45) is 2.87. The second-order valence-corrected chi connectivity index (χ2v) is 6.24. The summed E-state index contributed by atoms with van der Waals surface area (Å²) in [6, 6.07) is 5.06. The number of ether oxygens (including phenoxy) is 1. The summed E-state index contributed by atoms with van der Waals surface area (Å²) in [4.78, 5) is 17.5. The molecule has 0 aliphatic heterocycles. The van der Waals surface area contributed by atoms with E-state index in [1.54, 1.807) is 0 Å². The molecule has 22 heavy (non-hydrogen) atoms. The van der Waals surface area contributed by atoms with Gasteiger partial charge in [0.05, 0.1) is 0 Å². The van der Waals surface area contributed by atoms with Gasteiger partial charge in [0.25, 0.3) is 0 Å². The fraction of sp³-hybridized carbons (Fsp3) is 0.471. The molecule has 0 radical (unpaired) electrons. The van der Waals surface area contributed by atoms with E-state index in [1.807, 2.05) is 52.3 Å². The maximum atomic E-state index is 12.1. The van der Waals surface area contributed by atoms with Gasteiger partial charge < -0.3 is 20.4 Å². The third kappa shape index (κ3) is 3.67. The first kappa shape index (κ1) is 16.5. The molecule has 2 aromatic rings. The lowest BCUT2D eigenvalue weighted by molar-refractivity contribution is -0.136. The van der Waals surface area contributed by atoms with E-state index in [4.69, 9.17) is 10.5 Å². The average molecular weight is 303 g/mol. The lowest BCUT2D eigenvalue weighted by Gasteiger charge is -2.15. The molecule has 1 heterocycles. The molecule has 2 rings (SSSR count). The summed E-state index contributed by atoms with van der Waals surface area (Å²) in [5, 5.41) is 0.966. The minimum Gasteiger partial charge on any atom is -0.425 e. The van der Waals surface area contributed by atoms with E-state index in [-0.39, 0.29) is 11.9 Å². The van der Waals surface area contributed by atoms with Crippen molar-refractivity contribution >= 4 is 16.9 Å². The number of carbonyl (C=O) groups is 1. The van der Waals surface area contributed by atoms with Crippen LogP contribution >= 0.6 is 0 Å². The molecule has 120 valence electrons. The first-order valence-corrected chi connectivity index (χ1v) is 7.61. The molecule has 1 aromatic carbocycles. The number of nitrogens with two attached hydrogens (primary N) is 1. The van der Waals surface area contributed by atoms with Crippen LogP contribution in [0.4, 0.5) is 0 Å². The second kappa shape index (κ2) is 6.94. The zero-order chi connectivity index (χ0) is 16.3. The predicted octanol–water partition coefficient (Wildman–Crippen LogP) is 2.16. The Labute approximate surface area is 131 Å². The average Bonchev–Trinajstić information content (AvgIpc) is 2.88. The highest BCUT2D eigenvalue weighted by Gasteiger charge is 2.21. The van der Waals surface area contributed by atoms with Crippen LogP contribution in [0.15, 0.2) is 24.4 Å². The van der Waals surface area contributed by atoms with E-state index in [0.717, 1.165) is 29.4 Å². The number of fused-ring (bicyclic) bond motifs is 1. The summed E-state index contributed by atoms with van der Waals surface area (Å²) in [7, 11) is 4.08. The van der Waals surface area contributed by atoms with Crippen LogP contribution < -0.4 is 10.5 Å². The highest BCUT2D eigenvalue weighted by atomic mass is 16.5. The minimum absolute atomic E-state index is 0.0474. The van der Waals surface area contributed by atoms with Crippen molar-refractivity contribution in [2.75, 3.05) is 20.6 Å². The van der Waals surface area contributed by atoms with Crippen molar-refractivity contribution < 1.29 is 9.53 Å². The van der Waals surface area contributed by atoms with E-state index >= 15 is 0 Å². The van der Waals surface area contributed by atoms with Gasteiger partial charge in [-0.2, -0.15) is 0 Å². The number of H-pyrrole nitrogens is 1. The third-order valence-electron chi connectivity index (χ3n) is 3.78. The maximum Gasteiger partial charge on any atom is 0.328 e. The molecule has 3 N–H and O–H groups in total. The van der Waals surface area contributed by atoms with Crippen molar-refractivity contribution in [1.82, 2.24) is 9.88 Å². The van der Waals surface area contributed by atoms with Gasteiger partial charge in [0.2, 0.25) is 0 Å². The zero-order valence-corrected chi connectivity index (χ0v) is 13.7. The largest absolute Gasteiger partial charge is 0.425 e. The van der Waals surface area contributed by atoms with Crippen molar-refractivity contribution in [3.63, 3.8) is 0 Å². The van der Waals surface area contributed by atoms with Gasteiger partial charge >= 0.3 is 5.97 Å². The zero-order valence-electron chi connectivity index (χ0n) is 13.7. The van der Waals surface area contributed by atoms with Gasteiger partial charge in [0.15, 0.2) is 0 Å². The molecule has 0 spiro atoms. The second-order valence-electron chi connectivity index (χ2n) is 6.24. The van der Waals surface area contributed by atoms with Crippen LogP contribution in [0, 0.1) is 5.92 Å². The third-order valence-corrected chi connectivity index (χ3v) is 3.78. The van der Waals surface area contributed by atoms with Crippen LogP contribution in [0.5, 0.6) is 5.75 Å². The lowest BCUT2D eigenvalue weighted by atomic mass is 10.1. The number of rotatable bonds is 6. The number of hydrogen-bond acceptors (Lipinski definition) is 4. The molecular weight excluding hydrogens is 278 g/mol. The molecule has 5 nitrogen and oxygen atoms in total. The van der Waals surface area contributed by atoms with E-state index in [2.05, 4.69) is 9.88 Å². The molecular formula is C17H25N3O2. The topological polar surface area (TPSA) is 71.4 Å². The molecule has 0 aliphatic carbocycles. The smallest absolute Gasteiger partial charge is 0.328 e. The van der Waals surface area contributed by atoms with Crippen LogP contribution in [0.2, 0.25) is 0 Å². The molecule has 0 aliphatic rings. The normalized spacial score (nSPS) is 13.0. The van der Waals surface area contributed by atoms with E-state index in [0.29, 0.717) is 5.75 Å². The molecule has 0 saturated heterocycles. The van der Waals surface area contributed by atoms with Gasteiger partial charge in [-0.3, -0.25) is 0 Å². The van der Waals surface area contributed by atoms with Crippen molar-refractivity contribution in [2.24, 2.45) is 11.7 Å². The molecule has 0 bridgehead atoms. The van der Waals surface area contributed by atoms with Gasteiger partial charge in [-0.05, 0) is 44.1 Å². The van der Waals surface area contributed by atoms with Crippen molar-refractivity contribution in [3.8, 4) is 5.75 Å². The Morgan fingerprint density at radius 2 is 2.09 bits per heavy atom. The molecule has 5 heteroatoms. The summed E-state index contributed by atoms with van der Waals surface area (Å²) < 4.78 is 5.56. The molecule has 1 unspecified atom stereocenters. The van der Waals surface area contributed by atoms with Gasteiger partial charge in [-0.15, -0.1) is 0 Å². The Kier molecular flexibility index (Phi) is 5.21. The van der Waals surface area contributed by atoms with Gasteiger partial charge in [-0.25, -0.2) is 4.79 Å². The Hall–Kier alpha value is -1.85. The van der Waals surface area contributed by atoms with E-state index < -0.39 is 6.04 Å². The van der Waals surface area contributed by atoms with Crippen molar-refractivity contribution in [3.05, 3.63) is 30.0 Å². The van der Waals surface area contributed by atoms with Crippen LogP contribution in [0.1, 0.15) is 19.4 Å². The molecule has 1 atom stereocenters. The number of hydrogen-bond donors (Lipinski definition) is 2. The number of benzene rings is 1. The molecule has 0 saturated carbocycles. The Bertz CT molecular complexity index is 646. The monoisotopic (exact) mass is 303 g/mol. The minimum atomic E-state index is -0.612. The summed E-state index contributed by atoms with van der Waals surface area (Å²) >= 11 is 0. The maximum absolute atomic E-state index is 12.1. The number of aromatic amines is 1. The van der Waals surface area contributed by atoms with Crippen molar-refractivity contribution in [2.45, 2.75) is 26.3 Å². The van der Waals surface area contributed by atoms with Crippen LogP contribution in [0.25, 0.3) is 10.9 Å². The fourth-order valence-corrected chi connectivity index (χ4v) is 2.29.